The number of nitrogens with zero attached hydrogens (tertiary/aromatic N) is 2. The van der Waals surface area contributed by atoms with Crippen LogP contribution in [0.15, 0.2) is 54.7 Å². The molecule has 1 aromatic carbocycles. The van der Waals surface area contributed by atoms with Crippen molar-refractivity contribution in [3.05, 3.63) is 66.0 Å². The van der Waals surface area contributed by atoms with Gasteiger partial charge in [-0.25, -0.2) is 14.4 Å². The number of aromatic nitrogens is 1. The molecule has 1 aromatic heterocycles. The van der Waals surface area contributed by atoms with Gasteiger partial charge in [0.2, 0.25) is 17.7 Å². The molecule has 50 heavy (non-hydrogen) atoms. The first-order valence-corrected chi connectivity index (χ1v) is 16.9. The number of hydrogen-bond acceptors (Lipinski definition) is 9. The fourth-order valence-electron chi connectivity index (χ4n) is 5.39. The van der Waals surface area contributed by atoms with Gasteiger partial charge in [0.1, 0.15) is 29.3 Å². The Balaban J connectivity index is 1.73. The molecule has 0 bridgehead atoms. The molecule has 1 fully saturated rings. The van der Waals surface area contributed by atoms with Crippen LogP contribution in [0.4, 0.5) is 4.79 Å². The van der Waals surface area contributed by atoms with Crippen LogP contribution in [0.3, 0.4) is 0 Å². The van der Waals surface area contributed by atoms with Gasteiger partial charge in [-0.2, -0.15) is 0 Å². The average molecular weight is 696 g/mol. The van der Waals surface area contributed by atoms with Gasteiger partial charge in [-0.05, 0) is 90.5 Å². The molecular formula is C36H49N5O9. The molecule has 1 unspecified atom stereocenters. The van der Waals surface area contributed by atoms with Gasteiger partial charge in [0.05, 0.1) is 12.2 Å². The van der Waals surface area contributed by atoms with Crippen LogP contribution in [0, 0.1) is 0 Å². The van der Waals surface area contributed by atoms with Gasteiger partial charge < -0.3 is 35.4 Å². The Hall–Kier alpha value is -5.01. The monoisotopic (exact) mass is 695 g/mol. The predicted molar refractivity (Wildman–Crippen MR) is 183 cm³/mol. The summed E-state index contributed by atoms with van der Waals surface area (Å²) in [5.74, 6) is -3.48. The molecular weight excluding hydrogens is 646 g/mol. The summed E-state index contributed by atoms with van der Waals surface area (Å²) in [7, 11) is 0. The molecule has 272 valence electrons. The lowest BCUT2D eigenvalue weighted by Gasteiger charge is -2.33. The Morgan fingerprint density at radius 2 is 1.66 bits per heavy atom. The van der Waals surface area contributed by atoms with E-state index in [0.717, 1.165) is 0 Å². The van der Waals surface area contributed by atoms with E-state index in [1.165, 1.54) is 11.8 Å². The van der Waals surface area contributed by atoms with Gasteiger partial charge in [-0.3, -0.25) is 19.4 Å². The average Bonchev–Trinajstić information content (AvgIpc) is 3.57. The van der Waals surface area contributed by atoms with Crippen molar-refractivity contribution in [3.8, 4) is 0 Å². The van der Waals surface area contributed by atoms with Crippen LogP contribution in [0.1, 0.15) is 89.2 Å². The Labute approximate surface area is 292 Å². The number of nitrogens with one attached hydrogen (secondary N) is 3. The molecule has 14 heteroatoms. The molecule has 1 aliphatic rings. The van der Waals surface area contributed by atoms with Gasteiger partial charge in [0.25, 0.3) is 0 Å². The Kier molecular flexibility index (Phi) is 14.3. The second kappa shape index (κ2) is 18.1. The molecule has 0 spiro atoms. The number of alkyl carbamates (subject to hydrolysis) is 1. The summed E-state index contributed by atoms with van der Waals surface area (Å²) in [4.78, 5) is 83.7. The minimum atomic E-state index is -1.53. The fraction of sp³-hybridized carbons (Fsp3) is 0.528. The second-order valence-corrected chi connectivity index (χ2v) is 13.5. The van der Waals surface area contributed by atoms with Crippen molar-refractivity contribution < 1.29 is 43.3 Å². The summed E-state index contributed by atoms with van der Waals surface area (Å²) in [6.45, 7) is 8.57. The highest BCUT2D eigenvalue weighted by atomic mass is 16.6. The SMILES string of the molecule is CC[C@](C)(NC(=O)[C@H](CCCCOC(=O)c1ccccc1)NC(=O)OC(C)(C)C)C(=O)NC(Cc1ccccn1)C(=O)N1CCC[C@@H]1C(=O)O. The summed E-state index contributed by atoms with van der Waals surface area (Å²) in [6.07, 6.45) is 2.58. The van der Waals surface area contributed by atoms with Crippen molar-refractivity contribution >= 4 is 35.8 Å². The Bertz CT molecular complexity index is 1480. The number of hydrogen-bond donors (Lipinski definition) is 4. The lowest BCUT2D eigenvalue weighted by Crippen LogP contribution is -2.63. The third-order valence-corrected chi connectivity index (χ3v) is 8.31. The van der Waals surface area contributed by atoms with Gasteiger partial charge in [0, 0.05) is 24.9 Å². The van der Waals surface area contributed by atoms with Gasteiger partial charge >= 0.3 is 18.0 Å². The molecule has 0 saturated carbocycles. The fourth-order valence-corrected chi connectivity index (χ4v) is 5.39. The normalized spacial score (nSPS) is 16.7. The summed E-state index contributed by atoms with van der Waals surface area (Å²) in [6, 6.07) is 10.4. The van der Waals surface area contributed by atoms with Crippen molar-refractivity contribution in [2.45, 2.75) is 109 Å². The van der Waals surface area contributed by atoms with E-state index in [-0.39, 0.29) is 32.4 Å². The maximum atomic E-state index is 13.9. The highest BCUT2D eigenvalue weighted by molar-refractivity contribution is 5.97. The number of esters is 1. The number of carbonyl (C=O) groups is 6. The quantitative estimate of drug-likeness (QED) is 0.149. The van der Waals surface area contributed by atoms with Gasteiger partial charge in [0.15, 0.2) is 0 Å². The predicted octanol–water partition coefficient (Wildman–Crippen LogP) is 3.39. The summed E-state index contributed by atoms with van der Waals surface area (Å²) >= 11 is 0. The number of aliphatic carboxylic acids is 1. The number of rotatable bonds is 16. The number of likely N-dealkylation sites (tertiary alicyclic amines) is 1. The number of ether oxygens (including phenoxy) is 2. The van der Waals surface area contributed by atoms with Crippen molar-refractivity contribution in [2.24, 2.45) is 0 Å². The van der Waals surface area contributed by atoms with E-state index in [2.05, 4.69) is 20.9 Å². The summed E-state index contributed by atoms with van der Waals surface area (Å²) in [5.41, 5.74) is -1.44. The van der Waals surface area contributed by atoms with E-state index in [1.54, 1.807) is 82.4 Å². The molecule has 3 rings (SSSR count). The van der Waals surface area contributed by atoms with E-state index in [0.29, 0.717) is 36.9 Å². The first-order valence-electron chi connectivity index (χ1n) is 16.9. The van der Waals surface area contributed by atoms with Crippen LogP contribution in [-0.4, -0.2) is 93.2 Å². The summed E-state index contributed by atoms with van der Waals surface area (Å²) < 4.78 is 10.7. The molecule has 0 aliphatic carbocycles. The van der Waals surface area contributed by atoms with Crippen LogP contribution in [-0.2, 0) is 35.1 Å². The smallest absolute Gasteiger partial charge is 0.408 e. The zero-order chi connectivity index (χ0) is 36.9. The summed E-state index contributed by atoms with van der Waals surface area (Å²) in [5, 5.41) is 17.8. The highest BCUT2D eigenvalue weighted by Crippen LogP contribution is 2.21. The highest BCUT2D eigenvalue weighted by Gasteiger charge is 2.41. The van der Waals surface area contributed by atoms with Crippen LogP contribution < -0.4 is 16.0 Å². The van der Waals surface area contributed by atoms with Crippen LogP contribution >= 0.6 is 0 Å². The number of pyridine rings is 1. The first kappa shape index (κ1) is 39.4. The Morgan fingerprint density at radius 1 is 0.960 bits per heavy atom. The molecule has 2 aromatic rings. The third kappa shape index (κ3) is 11.8. The molecule has 4 amide bonds. The maximum Gasteiger partial charge on any atom is 0.408 e. The van der Waals surface area contributed by atoms with Crippen molar-refractivity contribution in [2.75, 3.05) is 13.2 Å². The minimum absolute atomic E-state index is 0.000334. The van der Waals surface area contributed by atoms with Gasteiger partial charge in [-0.15, -0.1) is 0 Å². The van der Waals surface area contributed by atoms with Crippen molar-refractivity contribution in [3.63, 3.8) is 0 Å². The van der Waals surface area contributed by atoms with E-state index in [9.17, 15) is 33.9 Å². The largest absolute Gasteiger partial charge is 0.480 e. The molecule has 0 radical (unpaired) electrons. The number of carboxylic acid groups (broad SMARTS) is 1. The lowest BCUT2D eigenvalue weighted by atomic mass is 9.95. The molecule has 14 nitrogen and oxygen atoms in total. The maximum absolute atomic E-state index is 13.9. The number of carboxylic acids is 1. The molecule has 1 aliphatic heterocycles. The second-order valence-electron chi connectivity index (χ2n) is 13.5. The molecule has 4 N–H and O–H groups in total. The van der Waals surface area contributed by atoms with Crippen molar-refractivity contribution in [1.29, 1.82) is 0 Å². The number of unbranched alkanes of at least 4 members (excludes halogenated alkanes) is 1. The zero-order valence-corrected chi connectivity index (χ0v) is 29.4. The van der Waals surface area contributed by atoms with Crippen LogP contribution in [0.2, 0.25) is 0 Å². The number of amides is 4. The van der Waals surface area contributed by atoms with E-state index < -0.39 is 65.0 Å². The standard InChI is InChI=1S/C36H49N5O9/c1-6-36(5,33(47)38-27(23-25-17-10-12-20-37-25)30(43)41-21-14-19-28(41)31(44)45)40-29(42)26(39-34(48)50-35(2,3)4)18-11-13-22-49-32(46)24-15-8-7-9-16-24/h7-10,12,15-17,20,26-28H,6,11,13-14,18-19,21-23H2,1-5H3,(H,38,47)(H,39,48)(H,40,42)(H,44,45)/t26-,27?,28+,36-/m0/s1. The number of carbonyl (C=O) groups excluding carboxylic acids is 5. The topological polar surface area (TPSA) is 193 Å². The zero-order valence-electron chi connectivity index (χ0n) is 29.4. The minimum Gasteiger partial charge on any atom is -0.480 e. The van der Waals surface area contributed by atoms with Crippen LogP contribution in [0.25, 0.3) is 0 Å². The van der Waals surface area contributed by atoms with Crippen molar-refractivity contribution in [1.82, 2.24) is 25.8 Å². The van der Waals surface area contributed by atoms with E-state index in [1.807, 2.05) is 0 Å². The van der Waals surface area contributed by atoms with E-state index in [4.69, 9.17) is 9.47 Å². The molecule has 2 heterocycles. The third-order valence-electron chi connectivity index (χ3n) is 8.31. The lowest BCUT2D eigenvalue weighted by molar-refractivity contribution is -0.149. The first-order chi connectivity index (χ1) is 23.6. The number of benzene rings is 1. The molecule has 1 saturated heterocycles. The Morgan fingerprint density at radius 3 is 2.28 bits per heavy atom. The molecule has 4 atom stereocenters. The van der Waals surface area contributed by atoms with E-state index >= 15 is 0 Å². The van der Waals surface area contributed by atoms with Crippen LogP contribution in [0.5, 0.6) is 0 Å². The van der Waals surface area contributed by atoms with Gasteiger partial charge in [-0.1, -0.05) is 31.2 Å².